The molecule has 0 bridgehead atoms. The molecule has 0 atom stereocenters. The number of carboxylic acids is 1. The summed E-state index contributed by atoms with van der Waals surface area (Å²) in [6.45, 7) is 7.29. The molecule has 0 aliphatic heterocycles. The summed E-state index contributed by atoms with van der Waals surface area (Å²) < 4.78 is 7.34. The number of fused-ring (bicyclic) bond motifs is 1. The van der Waals surface area contributed by atoms with E-state index in [0.29, 0.717) is 18.7 Å². The lowest BCUT2D eigenvalue weighted by atomic mass is 10.1. The van der Waals surface area contributed by atoms with Crippen LogP contribution in [0, 0.1) is 13.8 Å². The van der Waals surface area contributed by atoms with Gasteiger partial charge < -0.3 is 19.3 Å². The van der Waals surface area contributed by atoms with Gasteiger partial charge in [-0.1, -0.05) is 0 Å². The standard InChI is InChI=1S/C18H24N2O4/c1-5-19(11-17(21)22)18(23)14-6-7-16-15(10-14)12(2)13(3)20(16)8-9-24-4/h6-7,10H,5,8-9,11H2,1-4H3,(H,21,22). The number of hydrogen-bond donors (Lipinski definition) is 1. The number of aromatic nitrogens is 1. The second-order valence-electron chi connectivity index (χ2n) is 5.80. The van der Waals surface area contributed by atoms with Crippen molar-refractivity contribution in [3.63, 3.8) is 0 Å². The Labute approximate surface area is 141 Å². The summed E-state index contributed by atoms with van der Waals surface area (Å²) in [5.74, 6) is -1.27. The van der Waals surface area contributed by atoms with Crippen LogP contribution in [-0.4, -0.2) is 53.3 Å². The van der Waals surface area contributed by atoms with Gasteiger partial charge in [0.15, 0.2) is 0 Å². The number of amides is 1. The van der Waals surface area contributed by atoms with Gasteiger partial charge in [-0.05, 0) is 44.5 Å². The highest BCUT2D eigenvalue weighted by atomic mass is 16.5. The smallest absolute Gasteiger partial charge is 0.323 e. The van der Waals surface area contributed by atoms with Crippen molar-refractivity contribution < 1.29 is 19.4 Å². The van der Waals surface area contributed by atoms with E-state index in [4.69, 9.17) is 9.84 Å². The van der Waals surface area contributed by atoms with Crippen LogP contribution in [0.4, 0.5) is 0 Å². The number of aliphatic carboxylic acids is 1. The topological polar surface area (TPSA) is 71.8 Å². The first kappa shape index (κ1) is 18.0. The van der Waals surface area contributed by atoms with Gasteiger partial charge in [0.25, 0.3) is 5.91 Å². The minimum atomic E-state index is -1.01. The predicted octanol–water partition coefficient (Wildman–Crippen LogP) is 2.45. The van der Waals surface area contributed by atoms with Gasteiger partial charge in [-0.25, -0.2) is 0 Å². The number of benzene rings is 1. The van der Waals surface area contributed by atoms with E-state index in [9.17, 15) is 9.59 Å². The van der Waals surface area contributed by atoms with Crippen LogP contribution in [0.1, 0.15) is 28.5 Å². The Kier molecular flexibility index (Phi) is 5.62. The molecule has 0 fully saturated rings. The maximum atomic E-state index is 12.6. The molecule has 2 aromatic rings. The summed E-state index contributed by atoms with van der Waals surface area (Å²) >= 11 is 0. The molecule has 1 N–H and O–H groups in total. The Balaban J connectivity index is 2.42. The molecule has 0 aliphatic rings. The Morgan fingerprint density at radius 2 is 2.00 bits per heavy atom. The number of nitrogens with zero attached hydrogens (tertiary/aromatic N) is 2. The molecule has 0 saturated carbocycles. The van der Waals surface area contributed by atoms with Crippen LogP contribution in [0.15, 0.2) is 18.2 Å². The second-order valence-corrected chi connectivity index (χ2v) is 5.80. The summed E-state index contributed by atoms with van der Waals surface area (Å²) in [5, 5.41) is 9.95. The lowest BCUT2D eigenvalue weighted by Crippen LogP contribution is -2.35. The van der Waals surface area contributed by atoms with Gasteiger partial charge >= 0.3 is 5.97 Å². The molecule has 0 spiro atoms. The molecule has 1 aromatic heterocycles. The van der Waals surface area contributed by atoms with Crippen molar-refractivity contribution in [1.82, 2.24) is 9.47 Å². The summed E-state index contributed by atoms with van der Waals surface area (Å²) in [6, 6.07) is 5.54. The molecule has 2 rings (SSSR count). The van der Waals surface area contributed by atoms with Gasteiger partial charge in [0.2, 0.25) is 0 Å². The van der Waals surface area contributed by atoms with E-state index in [2.05, 4.69) is 11.5 Å². The van der Waals surface area contributed by atoms with Crippen molar-refractivity contribution >= 4 is 22.8 Å². The van der Waals surface area contributed by atoms with E-state index in [1.807, 2.05) is 19.1 Å². The lowest BCUT2D eigenvalue weighted by molar-refractivity contribution is -0.137. The zero-order valence-corrected chi connectivity index (χ0v) is 14.6. The summed E-state index contributed by atoms with van der Waals surface area (Å²) in [4.78, 5) is 24.8. The molecule has 130 valence electrons. The SMILES string of the molecule is CCN(CC(=O)O)C(=O)c1ccc2c(c1)c(C)c(C)n2CCOC. The van der Waals surface area contributed by atoms with Crippen LogP contribution < -0.4 is 0 Å². The van der Waals surface area contributed by atoms with Crippen molar-refractivity contribution in [3.8, 4) is 0 Å². The first-order valence-corrected chi connectivity index (χ1v) is 8.00. The molecule has 1 amide bonds. The third kappa shape index (κ3) is 3.43. The van der Waals surface area contributed by atoms with Crippen LogP contribution in [0.25, 0.3) is 10.9 Å². The fourth-order valence-electron chi connectivity index (χ4n) is 2.93. The number of aryl methyl sites for hydroxylation is 1. The number of rotatable bonds is 7. The van der Waals surface area contributed by atoms with Gasteiger partial charge in [-0.15, -0.1) is 0 Å². The Morgan fingerprint density at radius 1 is 1.29 bits per heavy atom. The van der Waals surface area contributed by atoms with Crippen molar-refractivity contribution in [2.45, 2.75) is 27.3 Å². The molecular formula is C18H24N2O4. The molecule has 1 aromatic carbocycles. The Bertz CT molecular complexity index is 764. The molecule has 6 heteroatoms. The van der Waals surface area contributed by atoms with Gasteiger partial charge in [-0.2, -0.15) is 0 Å². The van der Waals surface area contributed by atoms with Gasteiger partial charge in [0.05, 0.1) is 6.61 Å². The van der Waals surface area contributed by atoms with Crippen LogP contribution in [-0.2, 0) is 16.1 Å². The quantitative estimate of drug-likeness (QED) is 0.845. The number of carbonyl (C=O) groups excluding carboxylic acids is 1. The highest BCUT2D eigenvalue weighted by Crippen LogP contribution is 2.26. The molecule has 0 unspecified atom stereocenters. The van der Waals surface area contributed by atoms with E-state index in [-0.39, 0.29) is 12.5 Å². The number of likely N-dealkylation sites (N-methyl/N-ethyl adjacent to an activating group) is 1. The maximum absolute atomic E-state index is 12.6. The number of carboxylic acid groups (broad SMARTS) is 1. The Hall–Kier alpha value is -2.34. The molecule has 1 heterocycles. The van der Waals surface area contributed by atoms with E-state index in [0.717, 1.165) is 28.7 Å². The van der Waals surface area contributed by atoms with Gasteiger partial charge in [-0.3, -0.25) is 9.59 Å². The minimum Gasteiger partial charge on any atom is -0.480 e. The zero-order valence-electron chi connectivity index (χ0n) is 14.6. The number of methoxy groups -OCH3 is 1. The van der Waals surface area contributed by atoms with Crippen LogP contribution in [0.3, 0.4) is 0 Å². The normalized spacial score (nSPS) is 11.0. The summed E-state index contributed by atoms with van der Waals surface area (Å²) in [6.07, 6.45) is 0. The summed E-state index contributed by atoms with van der Waals surface area (Å²) in [7, 11) is 1.67. The van der Waals surface area contributed by atoms with E-state index < -0.39 is 5.97 Å². The number of hydrogen-bond acceptors (Lipinski definition) is 3. The second kappa shape index (κ2) is 7.49. The van der Waals surface area contributed by atoms with E-state index >= 15 is 0 Å². The van der Waals surface area contributed by atoms with Crippen molar-refractivity contribution in [2.75, 3.05) is 26.8 Å². The molecule has 0 radical (unpaired) electrons. The van der Waals surface area contributed by atoms with Crippen molar-refractivity contribution in [1.29, 1.82) is 0 Å². The van der Waals surface area contributed by atoms with Crippen molar-refractivity contribution in [3.05, 3.63) is 35.0 Å². The monoisotopic (exact) mass is 332 g/mol. The fraction of sp³-hybridized carbons (Fsp3) is 0.444. The number of ether oxygens (including phenoxy) is 1. The first-order chi connectivity index (χ1) is 11.4. The molecule has 0 aliphatic carbocycles. The largest absolute Gasteiger partial charge is 0.480 e. The van der Waals surface area contributed by atoms with Crippen LogP contribution in [0.2, 0.25) is 0 Å². The first-order valence-electron chi connectivity index (χ1n) is 8.00. The highest BCUT2D eigenvalue weighted by Gasteiger charge is 2.19. The molecule has 0 saturated heterocycles. The van der Waals surface area contributed by atoms with Crippen LogP contribution in [0.5, 0.6) is 0 Å². The highest BCUT2D eigenvalue weighted by molar-refractivity contribution is 6.00. The maximum Gasteiger partial charge on any atom is 0.323 e. The zero-order chi connectivity index (χ0) is 17.9. The van der Waals surface area contributed by atoms with Gasteiger partial charge in [0, 0.05) is 42.4 Å². The average molecular weight is 332 g/mol. The van der Waals surface area contributed by atoms with Crippen LogP contribution >= 0.6 is 0 Å². The van der Waals surface area contributed by atoms with E-state index in [1.54, 1.807) is 20.1 Å². The molecular weight excluding hydrogens is 308 g/mol. The van der Waals surface area contributed by atoms with Gasteiger partial charge in [0.1, 0.15) is 6.54 Å². The predicted molar refractivity (Wildman–Crippen MR) is 92.5 cm³/mol. The molecule has 24 heavy (non-hydrogen) atoms. The van der Waals surface area contributed by atoms with Crippen molar-refractivity contribution in [2.24, 2.45) is 0 Å². The third-order valence-electron chi connectivity index (χ3n) is 4.40. The minimum absolute atomic E-state index is 0.261. The fourth-order valence-corrected chi connectivity index (χ4v) is 2.93. The lowest BCUT2D eigenvalue weighted by Gasteiger charge is -2.18. The summed E-state index contributed by atoms with van der Waals surface area (Å²) in [5.41, 5.74) is 3.83. The Morgan fingerprint density at radius 3 is 2.58 bits per heavy atom. The number of carbonyl (C=O) groups is 2. The average Bonchev–Trinajstić information content (AvgIpc) is 2.80. The third-order valence-corrected chi connectivity index (χ3v) is 4.40. The van der Waals surface area contributed by atoms with E-state index in [1.165, 1.54) is 4.90 Å². The molecule has 6 nitrogen and oxygen atoms in total.